The first-order valence-corrected chi connectivity index (χ1v) is 8.83. The summed E-state index contributed by atoms with van der Waals surface area (Å²) >= 11 is 5.54. The Labute approximate surface area is 157 Å². The van der Waals surface area contributed by atoms with Crippen molar-refractivity contribution in [3.8, 4) is 0 Å². The molecule has 2 heterocycles. The third-order valence-electron chi connectivity index (χ3n) is 3.93. The van der Waals surface area contributed by atoms with Crippen LogP contribution in [0.15, 0.2) is 36.5 Å². The van der Waals surface area contributed by atoms with Gasteiger partial charge in [0.2, 0.25) is 5.91 Å². The fourth-order valence-corrected chi connectivity index (χ4v) is 2.73. The third-order valence-corrected chi connectivity index (χ3v) is 4.19. The van der Waals surface area contributed by atoms with E-state index in [2.05, 4.69) is 15.5 Å². The van der Waals surface area contributed by atoms with Crippen LogP contribution in [-0.4, -0.2) is 41.8 Å². The van der Waals surface area contributed by atoms with E-state index in [1.807, 2.05) is 30.3 Å². The topological polar surface area (TPSA) is 110 Å². The lowest BCUT2D eigenvalue weighted by Gasteiger charge is -2.21. The van der Waals surface area contributed by atoms with Crippen molar-refractivity contribution in [2.45, 2.75) is 25.2 Å². The van der Waals surface area contributed by atoms with Gasteiger partial charge in [0.1, 0.15) is 0 Å². The highest BCUT2D eigenvalue weighted by molar-refractivity contribution is 6.30. The zero-order valence-electron chi connectivity index (χ0n) is 14.4. The lowest BCUT2D eigenvalue weighted by atomic mass is 9.94. The number of nitrogens with zero attached hydrogens (tertiary/aromatic N) is 1. The summed E-state index contributed by atoms with van der Waals surface area (Å²) in [6.07, 6.45) is 3.41. The average molecular weight is 379 g/mol. The number of carbonyl (C=O) groups excluding carboxylic acids is 2. The van der Waals surface area contributed by atoms with Crippen molar-refractivity contribution < 1.29 is 14.3 Å². The molecule has 4 N–H and O–H groups in total. The number of benzene rings is 1. The molecule has 0 spiro atoms. The molecule has 0 saturated carbocycles. The summed E-state index contributed by atoms with van der Waals surface area (Å²) in [5.74, 6) is -0.387. The van der Waals surface area contributed by atoms with Crippen molar-refractivity contribution in [1.82, 2.24) is 15.5 Å². The Bertz CT molecular complexity index is 699. The molecule has 1 saturated heterocycles. The Morgan fingerprint density at radius 3 is 2.54 bits per heavy atom. The average Bonchev–Trinajstić information content (AvgIpc) is 3.13. The van der Waals surface area contributed by atoms with E-state index in [9.17, 15) is 9.59 Å². The number of rotatable bonds is 5. The van der Waals surface area contributed by atoms with Crippen molar-refractivity contribution in [2.75, 3.05) is 19.8 Å². The molecule has 1 fully saturated rings. The number of halogens is 1. The molecule has 0 unspecified atom stereocenters. The maximum Gasteiger partial charge on any atom is 0.254 e. The van der Waals surface area contributed by atoms with Crippen LogP contribution in [0.5, 0.6) is 0 Å². The van der Waals surface area contributed by atoms with E-state index >= 15 is 0 Å². The molecule has 2 aromatic rings. The summed E-state index contributed by atoms with van der Waals surface area (Å²) in [4.78, 5) is 22.6. The zero-order chi connectivity index (χ0) is 18.8. The number of ether oxygens (including phenoxy) is 1. The Morgan fingerprint density at radius 2 is 1.96 bits per heavy atom. The van der Waals surface area contributed by atoms with Crippen molar-refractivity contribution >= 4 is 23.4 Å². The number of aromatic nitrogens is 2. The molecule has 1 aliphatic rings. The van der Waals surface area contributed by atoms with Gasteiger partial charge in [-0.25, -0.2) is 0 Å². The highest BCUT2D eigenvalue weighted by atomic mass is 35.5. The number of H-pyrrole nitrogens is 1. The zero-order valence-corrected chi connectivity index (χ0v) is 15.2. The molecule has 0 atom stereocenters. The van der Waals surface area contributed by atoms with E-state index in [1.54, 1.807) is 0 Å². The fourth-order valence-electron chi connectivity index (χ4n) is 2.58. The van der Waals surface area contributed by atoms with Crippen molar-refractivity contribution in [3.05, 3.63) is 52.8 Å². The first kappa shape index (κ1) is 19.9. The first-order chi connectivity index (χ1) is 12.6. The molecular weight excluding hydrogens is 356 g/mol. The van der Waals surface area contributed by atoms with E-state index in [1.165, 1.54) is 6.20 Å². The molecule has 2 amide bonds. The van der Waals surface area contributed by atoms with Crippen LogP contribution >= 0.6 is 11.6 Å². The normalized spacial score (nSPS) is 14.2. The second-order valence-electron chi connectivity index (χ2n) is 5.85. The second-order valence-corrected chi connectivity index (χ2v) is 6.29. The van der Waals surface area contributed by atoms with Gasteiger partial charge in [-0.15, -0.1) is 0 Å². The Balaban J connectivity index is 0.000000290. The van der Waals surface area contributed by atoms with Gasteiger partial charge in [-0.2, -0.15) is 5.10 Å². The Kier molecular flexibility index (Phi) is 8.11. The molecule has 3 rings (SSSR count). The predicted molar refractivity (Wildman–Crippen MR) is 99.0 cm³/mol. The minimum atomic E-state index is -0.433. The summed E-state index contributed by atoms with van der Waals surface area (Å²) in [5, 5.41) is 10.3. The van der Waals surface area contributed by atoms with E-state index in [0.717, 1.165) is 23.6 Å². The number of hydrogen-bond donors (Lipinski definition) is 3. The van der Waals surface area contributed by atoms with E-state index in [-0.39, 0.29) is 24.8 Å². The monoisotopic (exact) mass is 378 g/mol. The molecular formula is C18H23ClN4O3. The summed E-state index contributed by atoms with van der Waals surface area (Å²) < 4.78 is 5.30. The molecule has 1 aromatic carbocycles. The van der Waals surface area contributed by atoms with Gasteiger partial charge in [-0.3, -0.25) is 14.7 Å². The van der Waals surface area contributed by atoms with Crippen molar-refractivity contribution in [3.63, 3.8) is 0 Å². The van der Waals surface area contributed by atoms with Gasteiger partial charge in [-0.1, -0.05) is 29.8 Å². The fraction of sp³-hybridized carbons (Fsp3) is 0.389. The number of hydrogen-bond acceptors (Lipinski definition) is 4. The van der Waals surface area contributed by atoms with Crippen molar-refractivity contribution in [1.29, 1.82) is 0 Å². The van der Waals surface area contributed by atoms with Crippen LogP contribution in [0, 0.1) is 0 Å². The number of amides is 2. The van der Waals surface area contributed by atoms with Gasteiger partial charge < -0.3 is 15.8 Å². The maximum atomic E-state index is 12.0. The molecule has 26 heavy (non-hydrogen) atoms. The summed E-state index contributed by atoms with van der Waals surface area (Å²) in [7, 11) is 0. The number of nitrogens with one attached hydrogen (secondary N) is 2. The molecule has 1 aliphatic heterocycles. The van der Waals surface area contributed by atoms with Crippen LogP contribution in [0.25, 0.3) is 0 Å². The Morgan fingerprint density at radius 1 is 1.27 bits per heavy atom. The van der Waals surface area contributed by atoms with Crippen LogP contribution < -0.4 is 11.1 Å². The SMILES string of the molecule is Clc1ccccc1.NC(=O)CCNC(=O)c1cn[nH]c1C1CCOCC1. The van der Waals surface area contributed by atoms with Gasteiger partial charge in [0.25, 0.3) is 5.91 Å². The largest absolute Gasteiger partial charge is 0.381 e. The molecule has 8 heteroatoms. The van der Waals surface area contributed by atoms with Gasteiger partial charge in [0, 0.05) is 37.1 Å². The van der Waals surface area contributed by atoms with E-state index in [0.29, 0.717) is 18.8 Å². The highest BCUT2D eigenvalue weighted by Crippen LogP contribution is 2.27. The summed E-state index contributed by atoms with van der Waals surface area (Å²) in [6.45, 7) is 1.64. The van der Waals surface area contributed by atoms with Gasteiger partial charge in [0.05, 0.1) is 17.5 Å². The van der Waals surface area contributed by atoms with Crippen LogP contribution in [0.2, 0.25) is 5.02 Å². The highest BCUT2D eigenvalue weighted by Gasteiger charge is 2.23. The number of aromatic amines is 1. The van der Waals surface area contributed by atoms with Crippen LogP contribution in [0.1, 0.15) is 41.2 Å². The maximum absolute atomic E-state index is 12.0. The molecule has 140 valence electrons. The quantitative estimate of drug-likeness (QED) is 0.741. The molecule has 7 nitrogen and oxygen atoms in total. The molecule has 1 aromatic heterocycles. The number of primary amides is 1. The molecule has 0 aliphatic carbocycles. The number of carbonyl (C=O) groups is 2. The van der Waals surface area contributed by atoms with Crippen LogP contribution in [0.4, 0.5) is 0 Å². The Hall–Kier alpha value is -2.38. The minimum absolute atomic E-state index is 0.135. The number of nitrogens with two attached hydrogens (primary N) is 1. The summed E-state index contributed by atoms with van der Waals surface area (Å²) in [5.41, 5.74) is 6.41. The predicted octanol–water partition coefficient (Wildman–Crippen LogP) is 2.25. The molecule has 0 bridgehead atoms. The van der Waals surface area contributed by atoms with Crippen LogP contribution in [0.3, 0.4) is 0 Å². The van der Waals surface area contributed by atoms with Crippen LogP contribution in [-0.2, 0) is 9.53 Å². The van der Waals surface area contributed by atoms with E-state index in [4.69, 9.17) is 22.1 Å². The first-order valence-electron chi connectivity index (χ1n) is 8.46. The van der Waals surface area contributed by atoms with Gasteiger partial charge >= 0.3 is 0 Å². The minimum Gasteiger partial charge on any atom is -0.381 e. The molecule has 0 radical (unpaired) electrons. The van der Waals surface area contributed by atoms with Gasteiger partial charge in [-0.05, 0) is 25.0 Å². The smallest absolute Gasteiger partial charge is 0.254 e. The standard InChI is InChI=1S/C12H18N4O3.C6H5Cl/c13-10(17)1-4-14-12(18)9-7-15-16-11(9)8-2-5-19-6-3-8;7-6-4-2-1-3-5-6/h7-8H,1-6H2,(H2,13,17)(H,14,18)(H,15,16);1-5H. The van der Waals surface area contributed by atoms with E-state index < -0.39 is 5.91 Å². The third kappa shape index (κ3) is 6.50. The van der Waals surface area contributed by atoms with Crippen molar-refractivity contribution in [2.24, 2.45) is 5.73 Å². The summed E-state index contributed by atoms with van der Waals surface area (Å²) in [6, 6.07) is 9.44. The lowest BCUT2D eigenvalue weighted by molar-refractivity contribution is -0.117. The second kappa shape index (κ2) is 10.6. The van der Waals surface area contributed by atoms with Gasteiger partial charge in [0.15, 0.2) is 0 Å². The lowest BCUT2D eigenvalue weighted by Crippen LogP contribution is -2.29.